The molecule has 210 valence electrons. The molecule has 0 unspecified atom stereocenters. The molecule has 0 aromatic heterocycles. The van der Waals surface area contributed by atoms with Gasteiger partial charge in [0.25, 0.3) is 11.8 Å². The van der Waals surface area contributed by atoms with Crippen LogP contribution in [0.5, 0.6) is 17.2 Å². The van der Waals surface area contributed by atoms with Crippen LogP contribution < -0.4 is 24.8 Å². The molecule has 0 saturated carbocycles. The Bertz CT molecular complexity index is 1360. The van der Waals surface area contributed by atoms with Crippen molar-refractivity contribution in [1.29, 1.82) is 0 Å². The number of carbonyl (C=O) groups is 3. The molecular weight excluding hydrogens is 532 g/mol. The van der Waals surface area contributed by atoms with Gasteiger partial charge in [-0.05, 0) is 60.4 Å². The van der Waals surface area contributed by atoms with Crippen molar-refractivity contribution >= 4 is 29.5 Å². The Kier molecular flexibility index (Phi) is 9.91. The van der Waals surface area contributed by atoms with Gasteiger partial charge in [0, 0.05) is 16.7 Å². The maximum absolute atomic E-state index is 13.4. The van der Waals surface area contributed by atoms with Crippen molar-refractivity contribution in [3.63, 3.8) is 0 Å². The Hall–Kier alpha value is -4.18. The number of fused-ring (bicyclic) bond motifs is 1. The van der Waals surface area contributed by atoms with Crippen molar-refractivity contribution in [2.45, 2.75) is 18.6 Å². The average Bonchev–Trinajstić information content (AvgIpc) is 3.00. The van der Waals surface area contributed by atoms with Crippen molar-refractivity contribution < 1.29 is 33.3 Å². The summed E-state index contributed by atoms with van der Waals surface area (Å²) in [4.78, 5) is 38.9. The molecule has 2 atom stereocenters. The monoisotopic (exact) mass is 564 g/mol. The van der Waals surface area contributed by atoms with Crippen LogP contribution in [0.4, 0.5) is 0 Å². The summed E-state index contributed by atoms with van der Waals surface area (Å²) in [6, 6.07) is 18.6. The standard InChI is InChI=1S/C30H32N2O7S/c1-36-25-9-5-4-8-21(25)23-16-19(12-13-22(23)29(34)32-24(14-15-40-3)30(35)37-2)28(33)31-17-20-18-38-26-10-6-7-11-27(26)39-20/h4-13,16,20,24H,14-15,17-18H2,1-3H3,(H,31,33)(H,32,34)/t20-,24-/m0/s1. The van der Waals surface area contributed by atoms with Gasteiger partial charge in [0.1, 0.15) is 24.5 Å². The van der Waals surface area contributed by atoms with Gasteiger partial charge in [-0.2, -0.15) is 11.8 Å². The summed E-state index contributed by atoms with van der Waals surface area (Å²) >= 11 is 1.57. The van der Waals surface area contributed by atoms with E-state index in [1.165, 1.54) is 14.2 Å². The van der Waals surface area contributed by atoms with E-state index in [1.54, 1.807) is 36.0 Å². The van der Waals surface area contributed by atoms with Crippen molar-refractivity contribution in [3.05, 3.63) is 77.9 Å². The number of carbonyl (C=O) groups excluding carboxylic acids is 3. The largest absolute Gasteiger partial charge is 0.496 e. The second-order valence-corrected chi connectivity index (χ2v) is 9.98. The molecule has 2 N–H and O–H groups in total. The molecule has 0 saturated heterocycles. The fourth-order valence-electron chi connectivity index (χ4n) is 4.31. The second-order valence-electron chi connectivity index (χ2n) is 9.00. The predicted octanol–water partition coefficient (Wildman–Crippen LogP) is 3.96. The molecule has 9 nitrogen and oxygen atoms in total. The Morgan fingerprint density at radius 1 is 0.975 bits per heavy atom. The van der Waals surface area contributed by atoms with Gasteiger partial charge in [-0.25, -0.2) is 4.79 Å². The smallest absolute Gasteiger partial charge is 0.328 e. The number of para-hydroxylation sites is 3. The SMILES string of the molecule is COC(=O)[C@H](CCSC)NC(=O)c1ccc(C(=O)NC[C@H]2COc3ccccc3O2)cc1-c1ccccc1OC. The van der Waals surface area contributed by atoms with Crippen LogP contribution in [0.25, 0.3) is 11.1 Å². The highest BCUT2D eigenvalue weighted by molar-refractivity contribution is 7.98. The Balaban J connectivity index is 1.57. The van der Waals surface area contributed by atoms with E-state index in [2.05, 4.69) is 10.6 Å². The molecule has 10 heteroatoms. The highest BCUT2D eigenvalue weighted by Gasteiger charge is 2.26. The summed E-state index contributed by atoms with van der Waals surface area (Å²) in [6.07, 6.45) is 1.99. The summed E-state index contributed by atoms with van der Waals surface area (Å²) < 4.78 is 22.1. The molecule has 0 fully saturated rings. The van der Waals surface area contributed by atoms with Crippen LogP contribution in [0.2, 0.25) is 0 Å². The number of benzene rings is 3. The van der Waals surface area contributed by atoms with Crippen LogP contribution in [-0.4, -0.2) is 69.3 Å². The summed E-state index contributed by atoms with van der Waals surface area (Å²) in [5.41, 5.74) is 1.76. The van der Waals surface area contributed by atoms with Crippen LogP contribution in [0, 0.1) is 0 Å². The van der Waals surface area contributed by atoms with Gasteiger partial charge in [0.2, 0.25) is 0 Å². The lowest BCUT2D eigenvalue weighted by atomic mass is 9.95. The molecule has 1 heterocycles. The van der Waals surface area contributed by atoms with Gasteiger partial charge in [-0.3, -0.25) is 9.59 Å². The quantitative estimate of drug-likeness (QED) is 0.337. The lowest BCUT2D eigenvalue weighted by Crippen LogP contribution is -2.42. The number of nitrogens with one attached hydrogen (secondary N) is 2. The molecule has 2 amide bonds. The van der Waals surface area contributed by atoms with E-state index in [9.17, 15) is 14.4 Å². The van der Waals surface area contributed by atoms with Crippen molar-refractivity contribution in [1.82, 2.24) is 10.6 Å². The van der Waals surface area contributed by atoms with E-state index in [-0.39, 0.29) is 18.6 Å². The highest BCUT2D eigenvalue weighted by Crippen LogP contribution is 2.33. The first kappa shape index (κ1) is 28.8. The van der Waals surface area contributed by atoms with Crippen LogP contribution in [0.3, 0.4) is 0 Å². The van der Waals surface area contributed by atoms with E-state index >= 15 is 0 Å². The van der Waals surface area contributed by atoms with E-state index in [0.29, 0.717) is 58.3 Å². The minimum atomic E-state index is -0.804. The van der Waals surface area contributed by atoms with E-state index < -0.39 is 17.9 Å². The normalized spacial score (nSPS) is 14.5. The van der Waals surface area contributed by atoms with Crippen LogP contribution in [0.1, 0.15) is 27.1 Å². The number of esters is 1. The molecule has 3 aromatic carbocycles. The number of ether oxygens (including phenoxy) is 4. The zero-order chi connectivity index (χ0) is 28.5. The molecule has 3 aromatic rings. The summed E-state index contributed by atoms with van der Waals surface area (Å²) in [5.74, 6) is 1.18. The van der Waals surface area contributed by atoms with Gasteiger partial charge in [-0.1, -0.05) is 30.3 Å². The lowest BCUT2D eigenvalue weighted by molar-refractivity contribution is -0.142. The molecule has 40 heavy (non-hydrogen) atoms. The number of thioether (sulfide) groups is 1. The lowest BCUT2D eigenvalue weighted by Gasteiger charge is -2.26. The van der Waals surface area contributed by atoms with Crippen molar-refractivity contribution in [2.75, 3.05) is 39.4 Å². The van der Waals surface area contributed by atoms with Gasteiger partial charge < -0.3 is 29.6 Å². The first-order valence-corrected chi connectivity index (χ1v) is 14.2. The first-order chi connectivity index (χ1) is 19.4. The fourth-order valence-corrected chi connectivity index (χ4v) is 4.78. The van der Waals surface area contributed by atoms with Crippen molar-refractivity contribution in [2.24, 2.45) is 0 Å². The third-order valence-electron chi connectivity index (χ3n) is 6.38. The molecular formula is C30H32N2O7S. The number of hydrogen-bond acceptors (Lipinski definition) is 8. The number of methoxy groups -OCH3 is 2. The van der Waals surface area contributed by atoms with E-state index in [1.807, 2.05) is 48.7 Å². The zero-order valence-corrected chi connectivity index (χ0v) is 23.4. The molecule has 0 spiro atoms. The third-order valence-corrected chi connectivity index (χ3v) is 7.03. The minimum Gasteiger partial charge on any atom is -0.496 e. The maximum Gasteiger partial charge on any atom is 0.328 e. The van der Waals surface area contributed by atoms with Crippen molar-refractivity contribution in [3.8, 4) is 28.4 Å². The second kappa shape index (κ2) is 13.7. The average molecular weight is 565 g/mol. The molecule has 0 radical (unpaired) electrons. The number of hydrogen-bond donors (Lipinski definition) is 2. The fraction of sp³-hybridized carbons (Fsp3) is 0.300. The topological polar surface area (TPSA) is 112 Å². The van der Waals surface area contributed by atoms with Crippen LogP contribution in [-0.2, 0) is 9.53 Å². The predicted molar refractivity (Wildman–Crippen MR) is 153 cm³/mol. The van der Waals surface area contributed by atoms with Gasteiger partial charge in [0.15, 0.2) is 11.5 Å². The summed E-state index contributed by atoms with van der Waals surface area (Å²) in [5, 5.41) is 5.69. The molecule has 1 aliphatic heterocycles. The number of rotatable bonds is 11. The maximum atomic E-state index is 13.4. The third kappa shape index (κ3) is 6.87. The first-order valence-electron chi connectivity index (χ1n) is 12.8. The zero-order valence-electron chi connectivity index (χ0n) is 22.6. The van der Waals surface area contributed by atoms with Gasteiger partial charge in [-0.15, -0.1) is 0 Å². The molecule has 1 aliphatic rings. The Morgan fingerprint density at radius 3 is 2.48 bits per heavy atom. The minimum absolute atomic E-state index is 0.232. The van der Waals surface area contributed by atoms with Crippen LogP contribution >= 0.6 is 11.8 Å². The molecule has 0 bridgehead atoms. The Labute approximate surface area is 237 Å². The van der Waals surface area contributed by atoms with E-state index in [4.69, 9.17) is 18.9 Å². The highest BCUT2D eigenvalue weighted by atomic mass is 32.2. The summed E-state index contributed by atoms with van der Waals surface area (Å²) in [7, 11) is 2.83. The van der Waals surface area contributed by atoms with Gasteiger partial charge >= 0.3 is 5.97 Å². The molecule has 0 aliphatic carbocycles. The van der Waals surface area contributed by atoms with Crippen LogP contribution in [0.15, 0.2) is 66.7 Å². The Morgan fingerprint density at radius 2 is 1.73 bits per heavy atom. The van der Waals surface area contributed by atoms with Gasteiger partial charge in [0.05, 0.1) is 20.8 Å². The molecule has 4 rings (SSSR count). The number of amides is 2. The summed E-state index contributed by atoms with van der Waals surface area (Å²) in [6.45, 7) is 0.538. The van der Waals surface area contributed by atoms with E-state index in [0.717, 1.165) is 0 Å².